The lowest BCUT2D eigenvalue weighted by molar-refractivity contribution is -0.133. The summed E-state index contributed by atoms with van der Waals surface area (Å²) in [5.74, 6) is -0.705. The van der Waals surface area contributed by atoms with Crippen molar-refractivity contribution in [2.24, 2.45) is 0 Å². The molecule has 1 aromatic heterocycles. The lowest BCUT2D eigenvalue weighted by Gasteiger charge is -2.17. The third kappa shape index (κ3) is 3.43. The highest BCUT2D eigenvalue weighted by Crippen LogP contribution is 2.10. The largest absolute Gasteiger partial charge is 0.341 e. The molecule has 8 nitrogen and oxygen atoms in total. The number of urea groups is 1. The van der Waals surface area contributed by atoms with Gasteiger partial charge in [0.25, 0.3) is 5.91 Å². The lowest BCUT2D eigenvalue weighted by atomic mass is 10.2. The van der Waals surface area contributed by atoms with Gasteiger partial charge in [-0.1, -0.05) is 18.2 Å². The second-order valence-corrected chi connectivity index (χ2v) is 5.60. The number of nitrogens with zero attached hydrogens (tertiary/aromatic N) is 3. The number of imide groups is 1. The molecule has 1 atom stereocenters. The predicted molar refractivity (Wildman–Crippen MR) is 85.1 cm³/mol. The van der Waals surface area contributed by atoms with Crippen molar-refractivity contribution in [3.05, 3.63) is 48.3 Å². The van der Waals surface area contributed by atoms with E-state index in [0.29, 0.717) is 6.54 Å². The summed E-state index contributed by atoms with van der Waals surface area (Å²) in [5, 5.41) is 8.81. The Balaban J connectivity index is 1.59. The molecule has 124 valence electrons. The summed E-state index contributed by atoms with van der Waals surface area (Å²) in [6.45, 7) is 0.369. The predicted octanol–water partition coefficient (Wildman–Crippen LogP) is 0.429. The van der Waals surface area contributed by atoms with Crippen molar-refractivity contribution in [1.82, 2.24) is 25.3 Å². The number of carbonyl (C=O) groups excluding carboxylic acids is 3. The van der Waals surface area contributed by atoms with E-state index in [2.05, 4.69) is 15.7 Å². The Morgan fingerprint density at radius 1 is 1.29 bits per heavy atom. The number of benzene rings is 1. The van der Waals surface area contributed by atoms with Crippen LogP contribution in [0.2, 0.25) is 0 Å². The van der Waals surface area contributed by atoms with Gasteiger partial charge in [-0.25, -0.2) is 9.48 Å². The Labute approximate surface area is 138 Å². The molecule has 3 rings (SSSR count). The minimum atomic E-state index is -0.806. The molecular formula is C16H17N5O3. The monoisotopic (exact) mass is 327 g/mol. The molecular weight excluding hydrogens is 310 g/mol. The first kappa shape index (κ1) is 15.7. The Morgan fingerprint density at radius 2 is 2.04 bits per heavy atom. The number of hydrogen-bond donors (Lipinski definition) is 2. The van der Waals surface area contributed by atoms with Crippen LogP contribution in [0, 0.1) is 0 Å². The minimum absolute atomic E-state index is 0.0686. The molecule has 1 saturated heterocycles. The van der Waals surface area contributed by atoms with Crippen molar-refractivity contribution >= 4 is 17.8 Å². The first-order valence-corrected chi connectivity index (χ1v) is 7.47. The first-order valence-electron chi connectivity index (χ1n) is 7.47. The number of hydrogen-bond acceptors (Lipinski definition) is 4. The maximum atomic E-state index is 12.2. The van der Waals surface area contributed by atoms with E-state index in [0.717, 1.165) is 11.3 Å². The second-order valence-electron chi connectivity index (χ2n) is 5.60. The van der Waals surface area contributed by atoms with Crippen LogP contribution in [0.5, 0.6) is 0 Å². The van der Waals surface area contributed by atoms with Gasteiger partial charge in [-0.05, 0) is 12.1 Å². The smallest absolute Gasteiger partial charge is 0.322 e. The summed E-state index contributed by atoms with van der Waals surface area (Å²) >= 11 is 0. The van der Waals surface area contributed by atoms with Gasteiger partial charge in [0.2, 0.25) is 5.91 Å². The topological polar surface area (TPSA) is 96.3 Å². The number of amides is 4. The fourth-order valence-corrected chi connectivity index (χ4v) is 2.46. The van der Waals surface area contributed by atoms with Crippen molar-refractivity contribution in [1.29, 1.82) is 0 Å². The summed E-state index contributed by atoms with van der Waals surface area (Å²) < 4.78 is 1.73. The average molecular weight is 327 g/mol. The van der Waals surface area contributed by atoms with Gasteiger partial charge in [-0.3, -0.25) is 14.9 Å². The molecule has 0 bridgehead atoms. The van der Waals surface area contributed by atoms with E-state index in [1.165, 1.54) is 4.90 Å². The first-order chi connectivity index (χ1) is 11.5. The zero-order chi connectivity index (χ0) is 17.1. The molecule has 0 saturated carbocycles. The summed E-state index contributed by atoms with van der Waals surface area (Å²) in [6.07, 6.45) is 3.48. The van der Waals surface area contributed by atoms with Crippen LogP contribution >= 0.6 is 0 Å². The number of aromatic nitrogens is 2. The van der Waals surface area contributed by atoms with E-state index in [9.17, 15) is 14.4 Å². The van der Waals surface area contributed by atoms with Gasteiger partial charge >= 0.3 is 6.03 Å². The summed E-state index contributed by atoms with van der Waals surface area (Å²) in [6, 6.07) is 8.28. The van der Waals surface area contributed by atoms with Crippen LogP contribution in [-0.4, -0.2) is 45.6 Å². The van der Waals surface area contributed by atoms with E-state index >= 15 is 0 Å². The Morgan fingerprint density at radius 3 is 2.71 bits per heavy atom. The molecule has 0 spiro atoms. The van der Waals surface area contributed by atoms with Crippen LogP contribution in [0.4, 0.5) is 4.79 Å². The number of nitrogens with one attached hydrogen (secondary N) is 2. The molecule has 1 aliphatic heterocycles. The SMILES string of the molecule is CN(Cc1cnn(-c2ccccc2)c1)C(=O)C[C@@H]1NC(=O)NC1=O. The molecule has 2 N–H and O–H groups in total. The van der Waals surface area contributed by atoms with Crippen LogP contribution in [0.1, 0.15) is 12.0 Å². The van der Waals surface area contributed by atoms with E-state index in [1.807, 2.05) is 36.5 Å². The fourth-order valence-electron chi connectivity index (χ4n) is 2.46. The zero-order valence-corrected chi connectivity index (χ0v) is 13.1. The average Bonchev–Trinajstić information content (AvgIpc) is 3.15. The quantitative estimate of drug-likeness (QED) is 0.778. The highest BCUT2D eigenvalue weighted by Gasteiger charge is 2.32. The summed E-state index contributed by atoms with van der Waals surface area (Å²) in [4.78, 5) is 36.3. The molecule has 0 radical (unpaired) electrons. The summed E-state index contributed by atoms with van der Waals surface area (Å²) in [5.41, 5.74) is 1.80. The van der Waals surface area contributed by atoms with Crippen LogP contribution < -0.4 is 10.6 Å². The van der Waals surface area contributed by atoms with Gasteiger partial charge in [0.15, 0.2) is 0 Å². The zero-order valence-electron chi connectivity index (χ0n) is 13.1. The highest BCUT2D eigenvalue weighted by molar-refractivity contribution is 6.05. The van der Waals surface area contributed by atoms with Crippen molar-refractivity contribution < 1.29 is 14.4 Å². The van der Waals surface area contributed by atoms with Gasteiger partial charge < -0.3 is 10.2 Å². The fraction of sp³-hybridized carbons (Fsp3) is 0.250. The molecule has 4 amide bonds. The highest BCUT2D eigenvalue weighted by atomic mass is 16.2. The van der Waals surface area contributed by atoms with E-state index < -0.39 is 18.0 Å². The van der Waals surface area contributed by atoms with Crippen molar-refractivity contribution in [2.45, 2.75) is 19.0 Å². The van der Waals surface area contributed by atoms with Crippen LogP contribution in [0.3, 0.4) is 0 Å². The Hall–Kier alpha value is -3.16. The second kappa shape index (κ2) is 6.53. The molecule has 24 heavy (non-hydrogen) atoms. The van der Waals surface area contributed by atoms with Gasteiger partial charge in [0.05, 0.1) is 18.3 Å². The lowest BCUT2D eigenvalue weighted by Crippen LogP contribution is -2.36. The standard InChI is InChI=1S/C16H17N5O3/c1-20(14(22)7-13-15(23)19-16(24)18-13)9-11-8-17-21(10-11)12-5-3-2-4-6-12/h2-6,8,10,13H,7,9H2,1H3,(H2,18,19,23,24)/t13-/m0/s1. The van der Waals surface area contributed by atoms with Gasteiger partial charge in [-0.2, -0.15) is 5.10 Å². The molecule has 2 aromatic rings. The third-order valence-corrected chi connectivity index (χ3v) is 3.74. The van der Waals surface area contributed by atoms with Crippen LogP contribution in [-0.2, 0) is 16.1 Å². The van der Waals surface area contributed by atoms with Crippen LogP contribution in [0.15, 0.2) is 42.7 Å². The van der Waals surface area contributed by atoms with Crippen molar-refractivity contribution in [3.63, 3.8) is 0 Å². The minimum Gasteiger partial charge on any atom is -0.341 e. The molecule has 1 aromatic carbocycles. The van der Waals surface area contributed by atoms with Crippen molar-refractivity contribution in [3.8, 4) is 5.69 Å². The van der Waals surface area contributed by atoms with Crippen molar-refractivity contribution in [2.75, 3.05) is 7.05 Å². The molecule has 2 heterocycles. The Bertz CT molecular complexity index is 771. The van der Waals surface area contributed by atoms with Crippen LogP contribution in [0.25, 0.3) is 5.69 Å². The third-order valence-electron chi connectivity index (χ3n) is 3.74. The van der Waals surface area contributed by atoms with Gasteiger partial charge in [0, 0.05) is 25.4 Å². The number of rotatable bonds is 5. The maximum absolute atomic E-state index is 12.2. The van der Waals surface area contributed by atoms with Gasteiger partial charge in [0.1, 0.15) is 6.04 Å². The maximum Gasteiger partial charge on any atom is 0.322 e. The molecule has 0 unspecified atom stereocenters. The van der Waals surface area contributed by atoms with E-state index in [1.54, 1.807) is 17.9 Å². The van der Waals surface area contributed by atoms with E-state index in [4.69, 9.17) is 0 Å². The van der Waals surface area contributed by atoms with E-state index in [-0.39, 0.29) is 12.3 Å². The molecule has 1 fully saturated rings. The normalized spacial score (nSPS) is 16.6. The number of para-hydroxylation sites is 1. The molecule has 1 aliphatic rings. The number of carbonyl (C=O) groups is 3. The molecule has 0 aliphatic carbocycles. The Kier molecular flexibility index (Phi) is 4.28. The van der Waals surface area contributed by atoms with Gasteiger partial charge in [-0.15, -0.1) is 0 Å². The summed E-state index contributed by atoms with van der Waals surface area (Å²) in [7, 11) is 1.65. The molecule has 8 heteroatoms.